The summed E-state index contributed by atoms with van der Waals surface area (Å²) in [4.78, 5) is 20.6. The molecule has 1 aliphatic carbocycles. The third kappa shape index (κ3) is 4.38. The van der Waals surface area contributed by atoms with Gasteiger partial charge in [-0.2, -0.15) is 11.8 Å². The monoisotopic (exact) mass is 413 g/mol. The Labute approximate surface area is 180 Å². The van der Waals surface area contributed by atoms with E-state index in [9.17, 15) is 4.79 Å². The Kier molecular flexibility index (Phi) is 5.90. The van der Waals surface area contributed by atoms with Crippen molar-refractivity contribution in [2.24, 2.45) is 11.3 Å². The molecular weight excluding hydrogens is 378 g/mol. The highest BCUT2D eigenvalue weighted by atomic mass is 32.2. The normalized spacial score (nSPS) is 28.6. The van der Waals surface area contributed by atoms with Gasteiger partial charge in [0.2, 0.25) is 5.91 Å². The van der Waals surface area contributed by atoms with E-state index in [1.165, 1.54) is 55.8 Å². The lowest BCUT2D eigenvalue weighted by molar-refractivity contribution is -0.135. The first kappa shape index (κ1) is 19.9. The highest BCUT2D eigenvalue weighted by molar-refractivity contribution is 7.99. The molecule has 29 heavy (non-hydrogen) atoms. The van der Waals surface area contributed by atoms with Crippen LogP contribution in [0, 0.1) is 11.3 Å². The van der Waals surface area contributed by atoms with Crippen LogP contribution in [-0.2, 0) is 11.3 Å². The zero-order chi connectivity index (χ0) is 19.7. The quantitative estimate of drug-likeness (QED) is 0.757. The summed E-state index contributed by atoms with van der Waals surface area (Å²) in [6.07, 6.45) is 6.40. The van der Waals surface area contributed by atoms with Crippen LogP contribution in [0.2, 0.25) is 0 Å². The third-order valence-electron chi connectivity index (χ3n) is 7.92. The first-order valence-electron chi connectivity index (χ1n) is 11.6. The molecule has 5 heteroatoms. The van der Waals surface area contributed by atoms with Crippen LogP contribution in [-0.4, -0.2) is 77.4 Å². The Bertz CT molecular complexity index is 689. The van der Waals surface area contributed by atoms with Gasteiger partial charge >= 0.3 is 0 Å². The predicted octanol–water partition coefficient (Wildman–Crippen LogP) is 3.33. The number of nitrogens with zero attached hydrogens (tertiary/aromatic N) is 3. The van der Waals surface area contributed by atoms with Crippen molar-refractivity contribution in [3.8, 4) is 0 Å². The number of rotatable bonds is 4. The van der Waals surface area contributed by atoms with Crippen molar-refractivity contribution in [2.45, 2.75) is 44.7 Å². The Morgan fingerprint density at radius 2 is 1.66 bits per heavy atom. The maximum Gasteiger partial charge on any atom is 0.226 e. The molecule has 1 amide bonds. The van der Waals surface area contributed by atoms with E-state index in [4.69, 9.17) is 0 Å². The average Bonchev–Trinajstić information content (AvgIpc) is 3.48. The molecule has 3 heterocycles. The fourth-order valence-corrected chi connectivity index (χ4v) is 6.90. The van der Waals surface area contributed by atoms with E-state index in [-0.39, 0.29) is 0 Å². The van der Waals surface area contributed by atoms with Gasteiger partial charge in [-0.3, -0.25) is 9.69 Å². The van der Waals surface area contributed by atoms with Gasteiger partial charge in [0, 0.05) is 44.7 Å². The molecule has 5 rings (SSSR count). The number of amides is 1. The highest BCUT2D eigenvalue weighted by Gasteiger charge is 2.59. The third-order valence-corrected chi connectivity index (χ3v) is 8.97. The number of thioether (sulfide) groups is 1. The molecule has 4 nitrogen and oxygen atoms in total. The zero-order valence-electron chi connectivity index (χ0n) is 17.6. The molecule has 0 radical (unpaired) electrons. The number of hydrogen-bond acceptors (Lipinski definition) is 4. The van der Waals surface area contributed by atoms with Crippen molar-refractivity contribution in [2.75, 3.05) is 50.8 Å². The maximum absolute atomic E-state index is 13.2. The van der Waals surface area contributed by atoms with Crippen molar-refractivity contribution >= 4 is 17.7 Å². The molecule has 3 saturated heterocycles. The minimum Gasteiger partial charge on any atom is -0.340 e. The van der Waals surface area contributed by atoms with Gasteiger partial charge in [-0.15, -0.1) is 0 Å². The van der Waals surface area contributed by atoms with Crippen LogP contribution < -0.4 is 0 Å². The van der Waals surface area contributed by atoms with Gasteiger partial charge in [-0.1, -0.05) is 30.3 Å². The standard InChI is InChI=1S/C24H35N3OS/c28-23(27-14-12-25(13-15-27)19-20-4-2-1-3-5-20)22-18-24(22)8-10-26(11-9-24)21-6-16-29-17-7-21/h1-5,21-22H,6-19H2. The number of carbonyl (C=O) groups excluding carboxylic acids is 1. The smallest absolute Gasteiger partial charge is 0.226 e. The Morgan fingerprint density at radius 1 is 0.966 bits per heavy atom. The summed E-state index contributed by atoms with van der Waals surface area (Å²) in [6, 6.07) is 11.5. The van der Waals surface area contributed by atoms with Gasteiger partial charge in [0.25, 0.3) is 0 Å². The van der Waals surface area contributed by atoms with Crippen LogP contribution in [0.15, 0.2) is 30.3 Å². The molecule has 4 fully saturated rings. The number of benzene rings is 1. The van der Waals surface area contributed by atoms with Crippen molar-refractivity contribution in [3.05, 3.63) is 35.9 Å². The van der Waals surface area contributed by atoms with E-state index in [1.807, 2.05) is 0 Å². The predicted molar refractivity (Wildman–Crippen MR) is 120 cm³/mol. The second-order valence-corrected chi connectivity index (χ2v) is 10.8. The molecule has 1 spiro atoms. The first-order valence-corrected chi connectivity index (χ1v) is 12.8. The van der Waals surface area contributed by atoms with Gasteiger partial charge in [0.15, 0.2) is 0 Å². The summed E-state index contributed by atoms with van der Waals surface area (Å²) in [7, 11) is 0. The summed E-state index contributed by atoms with van der Waals surface area (Å²) in [5.74, 6) is 3.46. The molecule has 4 aliphatic rings. The summed E-state index contributed by atoms with van der Waals surface area (Å²) in [6.45, 7) is 7.29. The fourth-order valence-electron chi connectivity index (χ4n) is 5.82. The van der Waals surface area contributed by atoms with Crippen LogP contribution in [0.5, 0.6) is 0 Å². The number of piperidine rings is 1. The molecule has 1 saturated carbocycles. The van der Waals surface area contributed by atoms with Crippen molar-refractivity contribution in [1.82, 2.24) is 14.7 Å². The van der Waals surface area contributed by atoms with Crippen LogP contribution >= 0.6 is 11.8 Å². The van der Waals surface area contributed by atoms with Gasteiger partial charge in [0.1, 0.15) is 0 Å². The van der Waals surface area contributed by atoms with Crippen molar-refractivity contribution < 1.29 is 4.79 Å². The summed E-state index contributed by atoms with van der Waals surface area (Å²) >= 11 is 2.11. The van der Waals surface area contributed by atoms with Crippen molar-refractivity contribution in [1.29, 1.82) is 0 Å². The lowest BCUT2D eigenvalue weighted by Gasteiger charge is -2.40. The lowest BCUT2D eigenvalue weighted by Crippen LogP contribution is -2.49. The molecule has 0 aromatic heterocycles. The van der Waals surface area contributed by atoms with E-state index in [1.54, 1.807) is 0 Å². The molecule has 1 unspecified atom stereocenters. The molecule has 3 aliphatic heterocycles. The minimum atomic E-state index is 0.326. The molecular formula is C24H35N3OS. The average molecular weight is 414 g/mol. The highest BCUT2D eigenvalue weighted by Crippen LogP contribution is 2.60. The lowest BCUT2D eigenvalue weighted by atomic mass is 9.89. The van der Waals surface area contributed by atoms with Gasteiger partial charge in [-0.25, -0.2) is 0 Å². The SMILES string of the molecule is O=C(C1CC12CCN(C1CCSCC1)CC2)N1CCN(Cc2ccccc2)CC1. The van der Waals surface area contributed by atoms with E-state index in [2.05, 4.69) is 56.8 Å². The molecule has 1 atom stereocenters. The van der Waals surface area contributed by atoms with Crippen LogP contribution in [0.1, 0.15) is 37.7 Å². The first-order chi connectivity index (χ1) is 14.2. The van der Waals surface area contributed by atoms with Crippen LogP contribution in [0.3, 0.4) is 0 Å². The second-order valence-electron chi connectivity index (χ2n) is 9.59. The largest absolute Gasteiger partial charge is 0.340 e. The van der Waals surface area contributed by atoms with Crippen molar-refractivity contribution in [3.63, 3.8) is 0 Å². The summed E-state index contributed by atoms with van der Waals surface area (Å²) in [5, 5.41) is 0. The number of likely N-dealkylation sites (tertiary alicyclic amines) is 1. The Morgan fingerprint density at radius 3 is 2.34 bits per heavy atom. The second kappa shape index (κ2) is 8.60. The zero-order valence-corrected chi connectivity index (χ0v) is 18.4. The maximum atomic E-state index is 13.2. The Balaban J connectivity index is 1.08. The Hall–Kier alpha value is -1.04. The van der Waals surface area contributed by atoms with E-state index in [0.29, 0.717) is 17.2 Å². The van der Waals surface area contributed by atoms with E-state index < -0.39 is 0 Å². The molecule has 1 aromatic carbocycles. The minimum absolute atomic E-state index is 0.326. The van der Waals surface area contributed by atoms with E-state index >= 15 is 0 Å². The molecule has 158 valence electrons. The number of piperazine rings is 1. The molecule has 1 aromatic rings. The topological polar surface area (TPSA) is 26.8 Å². The van der Waals surface area contributed by atoms with Gasteiger partial charge in [-0.05, 0) is 67.7 Å². The van der Waals surface area contributed by atoms with Crippen LogP contribution in [0.25, 0.3) is 0 Å². The van der Waals surface area contributed by atoms with E-state index in [0.717, 1.165) is 45.2 Å². The number of hydrogen-bond donors (Lipinski definition) is 0. The molecule has 0 N–H and O–H groups in total. The van der Waals surface area contributed by atoms with Gasteiger partial charge < -0.3 is 9.80 Å². The summed E-state index contributed by atoms with van der Waals surface area (Å²) in [5.41, 5.74) is 1.73. The fraction of sp³-hybridized carbons (Fsp3) is 0.708. The summed E-state index contributed by atoms with van der Waals surface area (Å²) < 4.78 is 0. The van der Waals surface area contributed by atoms with Gasteiger partial charge in [0.05, 0.1) is 0 Å². The molecule has 0 bridgehead atoms. The number of carbonyl (C=O) groups is 1. The van der Waals surface area contributed by atoms with Crippen LogP contribution in [0.4, 0.5) is 0 Å².